The Kier molecular flexibility index (Phi) is 4.85. The molecule has 0 aliphatic carbocycles. The Morgan fingerprint density at radius 3 is 2.19 bits per heavy atom. The van der Waals surface area contributed by atoms with E-state index in [1.165, 1.54) is 12.8 Å². The molecule has 0 bridgehead atoms. The monoisotopic (exact) mass is 359 g/mol. The number of anilines is 2. The van der Waals surface area contributed by atoms with Crippen LogP contribution in [0.25, 0.3) is 11.3 Å². The molecule has 0 aromatic carbocycles. The minimum absolute atomic E-state index is 0.0440. The zero-order chi connectivity index (χ0) is 17.9. The van der Waals surface area contributed by atoms with Gasteiger partial charge in [-0.05, 0) is 48.3 Å². The van der Waals surface area contributed by atoms with E-state index >= 15 is 0 Å². The Labute approximate surface area is 152 Å². The second-order valence-corrected chi connectivity index (χ2v) is 7.18. The van der Waals surface area contributed by atoms with E-state index in [1.807, 2.05) is 0 Å². The lowest BCUT2D eigenvalue weighted by molar-refractivity contribution is -0.119. The van der Waals surface area contributed by atoms with Gasteiger partial charge in [0.1, 0.15) is 0 Å². The summed E-state index contributed by atoms with van der Waals surface area (Å²) in [7, 11) is 0. The van der Waals surface area contributed by atoms with Gasteiger partial charge in [0.25, 0.3) is 0 Å². The third-order valence-corrected chi connectivity index (χ3v) is 5.32. The van der Waals surface area contributed by atoms with Crippen LogP contribution in [0.15, 0.2) is 4.63 Å². The Balaban J connectivity index is 1.48. The fraction of sp³-hybridized carbons (Fsp3) is 0.706. The molecule has 2 fully saturated rings. The molecule has 0 radical (unpaired) electrons. The van der Waals surface area contributed by atoms with E-state index in [0.717, 1.165) is 63.6 Å². The second kappa shape index (κ2) is 7.43. The van der Waals surface area contributed by atoms with Crippen molar-refractivity contribution in [2.75, 3.05) is 42.5 Å². The van der Waals surface area contributed by atoms with E-state index in [9.17, 15) is 4.79 Å². The molecule has 2 aromatic heterocycles. The van der Waals surface area contributed by atoms with Crippen LogP contribution >= 0.6 is 0 Å². The molecule has 2 saturated heterocycles. The van der Waals surface area contributed by atoms with Crippen molar-refractivity contribution in [3.8, 4) is 0 Å². The van der Waals surface area contributed by atoms with Crippen molar-refractivity contribution in [2.45, 2.75) is 39.0 Å². The van der Waals surface area contributed by atoms with Gasteiger partial charge >= 0.3 is 0 Å². The van der Waals surface area contributed by atoms with E-state index < -0.39 is 0 Å². The van der Waals surface area contributed by atoms with Crippen LogP contribution in [-0.4, -0.2) is 58.9 Å². The Morgan fingerprint density at radius 2 is 1.62 bits per heavy atom. The summed E-state index contributed by atoms with van der Waals surface area (Å²) in [5.74, 6) is 2.49. The number of hydrogen-bond donors (Lipinski definition) is 1. The molecular weight excluding hydrogens is 334 g/mol. The van der Waals surface area contributed by atoms with Gasteiger partial charge in [-0.3, -0.25) is 4.79 Å². The minimum Gasteiger partial charge on any atom is -0.356 e. The van der Waals surface area contributed by atoms with Crippen molar-refractivity contribution < 1.29 is 9.42 Å². The van der Waals surface area contributed by atoms with Crippen LogP contribution in [0.5, 0.6) is 0 Å². The van der Waals surface area contributed by atoms with Crippen molar-refractivity contribution in [1.82, 2.24) is 25.6 Å². The number of amides is 1. The SMILES string of the molecule is CC(=O)NCCC1CCN(c2nc3nonc3nc2N2CCCC2)CC1. The van der Waals surface area contributed by atoms with E-state index in [2.05, 4.69) is 30.4 Å². The summed E-state index contributed by atoms with van der Waals surface area (Å²) in [5.41, 5.74) is 0.941. The van der Waals surface area contributed by atoms with Crippen molar-refractivity contribution in [3.63, 3.8) is 0 Å². The first-order chi connectivity index (χ1) is 12.7. The average molecular weight is 359 g/mol. The Morgan fingerprint density at radius 1 is 1.04 bits per heavy atom. The fourth-order valence-corrected chi connectivity index (χ4v) is 3.86. The second-order valence-electron chi connectivity index (χ2n) is 7.18. The molecule has 2 aromatic rings. The first-order valence-electron chi connectivity index (χ1n) is 9.45. The highest BCUT2D eigenvalue weighted by molar-refractivity contribution is 5.75. The lowest BCUT2D eigenvalue weighted by Gasteiger charge is -2.34. The van der Waals surface area contributed by atoms with Gasteiger partial charge in [-0.1, -0.05) is 0 Å². The van der Waals surface area contributed by atoms with Crippen molar-refractivity contribution >= 4 is 28.8 Å². The average Bonchev–Trinajstić information content (AvgIpc) is 3.32. The van der Waals surface area contributed by atoms with Crippen molar-refractivity contribution in [3.05, 3.63) is 0 Å². The maximum atomic E-state index is 11.0. The summed E-state index contributed by atoms with van der Waals surface area (Å²) in [4.78, 5) is 25.0. The van der Waals surface area contributed by atoms with Crippen LogP contribution in [0, 0.1) is 5.92 Å². The summed E-state index contributed by atoms with van der Waals surface area (Å²) in [5, 5.41) is 10.6. The summed E-state index contributed by atoms with van der Waals surface area (Å²) in [6.07, 6.45) is 5.58. The maximum absolute atomic E-state index is 11.0. The van der Waals surface area contributed by atoms with Gasteiger partial charge in [-0.2, -0.15) is 0 Å². The van der Waals surface area contributed by atoms with E-state index in [0.29, 0.717) is 17.2 Å². The molecule has 0 atom stereocenters. The highest BCUT2D eigenvalue weighted by Crippen LogP contribution is 2.32. The zero-order valence-corrected chi connectivity index (χ0v) is 15.1. The highest BCUT2D eigenvalue weighted by atomic mass is 16.6. The normalized spacial score (nSPS) is 18.7. The first kappa shape index (κ1) is 17.0. The Bertz CT molecular complexity index is 764. The molecule has 26 heavy (non-hydrogen) atoms. The molecule has 4 heterocycles. The predicted octanol–water partition coefficient (Wildman–Crippen LogP) is 1.36. The molecule has 1 N–H and O–H groups in total. The van der Waals surface area contributed by atoms with Crippen LogP contribution in [0.2, 0.25) is 0 Å². The highest BCUT2D eigenvalue weighted by Gasteiger charge is 2.27. The first-order valence-corrected chi connectivity index (χ1v) is 9.45. The molecule has 0 spiro atoms. The molecule has 4 rings (SSSR count). The summed E-state index contributed by atoms with van der Waals surface area (Å²) < 4.78 is 4.81. The van der Waals surface area contributed by atoms with Crippen molar-refractivity contribution in [1.29, 1.82) is 0 Å². The molecule has 2 aliphatic heterocycles. The zero-order valence-electron chi connectivity index (χ0n) is 15.1. The van der Waals surface area contributed by atoms with E-state index in [4.69, 9.17) is 9.61 Å². The van der Waals surface area contributed by atoms with Crippen LogP contribution < -0.4 is 15.1 Å². The number of nitrogens with one attached hydrogen (secondary N) is 1. The number of aromatic nitrogens is 4. The quantitative estimate of drug-likeness (QED) is 0.854. The molecular formula is C17H25N7O2. The minimum atomic E-state index is 0.0440. The maximum Gasteiger partial charge on any atom is 0.245 e. The van der Waals surface area contributed by atoms with Crippen LogP contribution in [0.4, 0.5) is 11.6 Å². The van der Waals surface area contributed by atoms with Gasteiger partial charge in [0.2, 0.25) is 17.2 Å². The van der Waals surface area contributed by atoms with E-state index in [-0.39, 0.29) is 5.91 Å². The molecule has 1 amide bonds. The number of piperidine rings is 1. The van der Waals surface area contributed by atoms with Gasteiger partial charge in [-0.15, -0.1) is 0 Å². The Hall–Kier alpha value is -2.45. The number of carbonyl (C=O) groups excluding carboxylic acids is 1. The number of carbonyl (C=O) groups is 1. The van der Waals surface area contributed by atoms with Gasteiger partial charge in [-0.25, -0.2) is 14.6 Å². The summed E-state index contributed by atoms with van der Waals surface area (Å²) in [6.45, 7) is 6.22. The largest absolute Gasteiger partial charge is 0.356 e. The predicted molar refractivity (Wildman–Crippen MR) is 97.1 cm³/mol. The molecule has 9 nitrogen and oxygen atoms in total. The van der Waals surface area contributed by atoms with Crippen LogP contribution in [0.3, 0.4) is 0 Å². The lowest BCUT2D eigenvalue weighted by Crippen LogP contribution is -2.37. The topological polar surface area (TPSA) is 100 Å². The van der Waals surface area contributed by atoms with Crippen LogP contribution in [0.1, 0.15) is 39.0 Å². The van der Waals surface area contributed by atoms with Gasteiger partial charge in [0.05, 0.1) is 0 Å². The molecule has 0 saturated carbocycles. The standard InChI is InChI=1S/C17H25N7O2/c1-12(25)18-7-4-13-5-10-24(11-6-13)17-16(23-8-2-3-9-23)19-14-15(20-17)22-26-21-14/h13H,2-11H2,1H3,(H,18,25). The number of hydrogen-bond acceptors (Lipinski definition) is 8. The van der Waals surface area contributed by atoms with Crippen molar-refractivity contribution in [2.24, 2.45) is 5.92 Å². The number of fused-ring (bicyclic) bond motifs is 1. The molecule has 140 valence electrons. The lowest BCUT2D eigenvalue weighted by atomic mass is 9.93. The summed E-state index contributed by atoms with van der Waals surface area (Å²) >= 11 is 0. The van der Waals surface area contributed by atoms with Gasteiger partial charge < -0.3 is 15.1 Å². The number of rotatable bonds is 5. The van der Waals surface area contributed by atoms with E-state index in [1.54, 1.807) is 6.92 Å². The third kappa shape index (κ3) is 3.56. The summed E-state index contributed by atoms with van der Waals surface area (Å²) in [6, 6.07) is 0. The third-order valence-electron chi connectivity index (χ3n) is 5.32. The van der Waals surface area contributed by atoms with Crippen LogP contribution in [-0.2, 0) is 4.79 Å². The fourth-order valence-electron chi connectivity index (χ4n) is 3.86. The number of nitrogens with zero attached hydrogens (tertiary/aromatic N) is 6. The van der Waals surface area contributed by atoms with Gasteiger partial charge in [0.15, 0.2) is 11.6 Å². The molecule has 2 aliphatic rings. The van der Waals surface area contributed by atoms with Gasteiger partial charge in [0, 0.05) is 39.6 Å². The molecule has 9 heteroatoms. The smallest absolute Gasteiger partial charge is 0.245 e. The molecule has 0 unspecified atom stereocenters.